The molecule has 2 aliphatic rings. The molecule has 1 saturated heterocycles. The minimum absolute atomic E-state index is 0.144. The van der Waals surface area contributed by atoms with E-state index in [1.807, 2.05) is 12.1 Å². The molecule has 0 bridgehead atoms. The predicted octanol–water partition coefficient (Wildman–Crippen LogP) is 4.57. The molecule has 0 saturated carbocycles. The Morgan fingerprint density at radius 3 is 2.55 bits per heavy atom. The molecule has 0 radical (unpaired) electrons. The summed E-state index contributed by atoms with van der Waals surface area (Å²) in [5.41, 5.74) is 1.70. The number of rotatable bonds is 7. The summed E-state index contributed by atoms with van der Waals surface area (Å²) in [7, 11) is -3.89. The van der Waals surface area contributed by atoms with E-state index in [1.165, 1.54) is 9.88 Å². The summed E-state index contributed by atoms with van der Waals surface area (Å²) in [5.74, 6) is -0.858. The molecule has 1 aliphatic heterocycles. The number of imide groups is 1. The molecule has 9 heteroatoms. The Kier molecular flexibility index (Phi) is 6.95. The van der Waals surface area contributed by atoms with Crippen molar-refractivity contribution < 1.29 is 18.0 Å². The molecule has 1 aromatic heterocycles. The Hall–Kier alpha value is -1.56. The predicted molar refractivity (Wildman–Crippen MR) is 129 cm³/mol. The van der Waals surface area contributed by atoms with Crippen LogP contribution in [0.3, 0.4) is 0 Å². The van der Waals surface area contributed by atoms with Crippen LogP contribution in [0, 0.1) is 3.57 Å². The second-order valence-corrected chi connectivity index (χ2v) is 12.0. The Balaban J connectivity index is 1.64. The summed E-state index contributed by atoms with van der Waals surface area (Å²) in [6, 6.07) is 9.27. The van der Waals surface area contributed by atoms with E-state index in [0.29, 0.717) is 12.1 Å². The number of amides is 2. The SMILES string of the molecule is O=C1CC(N(CCC2=CCCCC2)S(=O)(=O)c2cccs2)C(=O)N1c1ccc(I)cc1. The maximum atomic E-state index is 13.4. The van der Waals surface area contributed by atoms with E-state index in [1.54, 1.807) is 29.6 Å². The van der Waals surface area contributed by atoms with E-state index in [4.69, 9.17) is 0 Å². The fourth-order valence-corrected chi connectivity index (χ4v) is 7.12. The highest BCUT2D eigenvalue weighted by Crippen LogP contribution is 2.32. The number of carbonyl (C=O) groups is 2. The van der Waals surface area contributed by atoms with Crippen molar-refractivity contribution in [1.82, 2.24) is 4.31 Å². The van der Waals surface area contributed by atoms with E-state index in [-0.39, 0.29) is 23.1 Å². The van der Waals surface area contributed by atoms with Crippen molar-refractivity contribution >= 4 is 61.5 Å². The first-order valence-corrected chi connectivity index (χ1v) is 13.6. The zero-order valence-corrected chi connectivity index (χ0v) is 20.7. The zero-order valence-electron chi connectivity index (χ0n) is 16.9. The third kappa shape index (κ3) is 4.79. The molecule has 31 heavy (non-hydrogen) atoms. The quantitative estimate of drug-likeness (QED) is 0.278. The van der Waals surface area contributed by atoms with Gasteiger partial charge in [-0.3, -0.25) is 9.59 Å². The highest BCUT2D eigenvalue weighted by molar-refractivity contribution is 14.1. The van der Waals surface area contributed by atoms with Gasteiger partial charge in [-0.15, -0.1) is 11.3 Å². The van der Waals surface area contributed by atoms with Crippen LogP contribution in [0.1, 0.15) is 38.5 Å². The molecule has 2 amide bonds. The second kappa shape index (κ2) is 9.51. The van der Waals surface area contributed by atoms with Gasteiger partial charge >= 0.3 is 0 Å². The normalized spacial score (nSPS) is 19.9. The number of halogens is 1. The lowest BCUT2D eigenvalue weighted by Crippen LogP contribution is -2.45. The molecule has 2 heterocycles. The van der Waals surface area contributed by atoms with Crippen molar-refractivity contribution in [3.05, 3.63) is 57.0 Å². The number of benzene rings is 1. The standard InChI is InChI=1S/C22H23IN2O4S2/c23-17-8-10-18(11-9-17)25-20(26)15-19(22(25)27)24(13-12-16-5-2-1-3-6-16)31(28,29)21-7-4-14-30-21/h4-5,7-11,14,19H,1-3,6,12-13,15H2. The van der Waals surface area contributed by atoms with Gasteiger partial charge in [0.05, 0.1) is 12.1 Å². The van der Waals surface area contributed by atoms with Crippen LogP contribution in [0.25, 0.3) is 0 Å². The van der Waals surface area contributed by atoms with Gasteiger partial charge in [0.1, 0.15) is 10.3 Å². The van der Waals surface area contributed by atoms with Crippen molar-refractivity contribution in [2.45, 2.75) is 48.8 Å². The third-order valence-electron chi connectivity index (χ3n) is 5.65. The zero-order chi connectivity index (χ0) is 22.0. The van der Waals surface area contributed by atoms with Crippen LogP contribution in [0.2, 0.25) is 0 Å². The van der Waals surface area contributed by atoms with Crippen LogP contribution >= 0.6 is 33.9 Å². The molecular formula is C22H23IN2O4S2. The molecule has 2 aromatic rings. The van der Waals surface area contributed by atoms with Crippen LogP contribution in [-0.4, -0.2) is 37.1 Å². The van der Waals surface area contributed by atoms with Gasteiger partial charge in [-0.1, -0.05) is 17.7 Å². The highest BCUT2D eigenvalue weighted by Gasteiger charge is 2.47. The van der Waals surface area contributed by atoms with Crippen molar-refractivity contribution in [3.8, 4) is 0 Å². The van der Waals surface area contributed by atoms with Crippen LogP contribution in [-0.2, 0) is 19.6 Å². The number of allylic oxidation sites excluding steroid dienone is 1. The number of nitrogens with zero attached hydrogens (tertiary/aromatic N) is 2. The van der Waals surface area contributed by atoms with Gasteiger partial charge in [-0.2, -0.15) is 4.31 Å². The van der Waals surface area contributed by atoms with Crippen LogP contribution in [0.15, 0.2) is 57.6 Å². The molecule has 1 aliphatic carbocycles. The molecule has 1 unspecified atom stereocenters. The molecular weight excluding hydrogens is 547 g/mol. The smallest absolute Gasteiger partial charge is 0.253 e. The van der Waals surface area contributed by atoms with Crippen molar-refractivity contribution in [2.24, 2.45) is 0 Å². The molecule has 0 N–H and O–H groups in total. The third-order valence-corrected chi connectivity index (χ3v) is 9.65. The van der Waals surface area contributed by atoms with Crippen LogP contribution in [0.4, 0.5) is 5.69 Å². The van der Waals surface area contributed by atoms with Gasteiger partial charge in [0.15, 0.2) is 0 Å². The van der Waals surface area contributed by atoms with Gasteiger partial charge in [0.2, 0.25) is 5.91 Å². The van der Waals surface area contributed by atoms with E-state index < -0.39 is 22.0 Å². The number of sulfonamides is 1. The van der Waals surface area contributed by atoms with Gasteiger partial charge in [-0.25, -0.2) is 13.3 Å². The van der Waals surface area contributed by atoms with Gasteiger partial charge < -0.3 is 0 Å². The van der Waals surface area contributed by atoms with Crippen LogP contribution < -0.4 is 4.90 Å². The van der Waals surface area contributed by atoms with Gasteiger partial charge in [0, 0.05) is 10.1 Å². The fraction of sp³-hybridized carbons (Fsp3) is 0.364. The lowest BCUT2D eigenvalue weighted by molar-refractivity contribution is -0.122. The molecule has 0 spiro atoms. The maximum Gasteiger partial charge on any atom is 0.253 e. The van der Waals surface area contributed by atoms with E-state index in [2.05, 4.69) is 28.7 Å². The molecule has 6 nitrogen and oxygen atoms in total. The highest BCUT2D eigenvalue weighted by atomic mass is 127. The molecule has 4 rings (SSSR count). The first-order chi connectivity index (χ1) is 14.9. The summed E-state index contributed by atoms with van der Waals surface area (Å²) < 4.78 is 29.3. The maximum absolute atomic E-state index is 13.4. The van der Waals surface area contributed by atoms with Crippen molar-refractivity contribution in [1.29, 1.82) is 0 Å². The lowest BCUT2D eigenvalue weighted by atomic mass is 9.97. The second-order valence-electron chi connectivity index (χ2n) is 7.67. The first kappa shape index (κ1) is 22.6. The van der Waals surface area contributed by atoms with E-state index >= 15 is 0 Å². The molecule has 1 atom stereocenters. The molecule has 1 aromatic carbocycles. The van der Waals surface area contributed by atoms with E-state index in [9.17, 15) is 18.0 Å². The minimum atomic E-state index is -3.89. The average molecular weight is 570 g/mol. The average Bonchev–Trinajstić information content (AvgIpc) is 3.39. The number of anilines is 1. The number of hydrogen-bond acceptors (Lipinski definition) is 5. The summed E-state index contributed by atoms with van der Waals surface area (Å²) >= 11 is 3.28. The number of carbonyl (C=O) groups excluding carboxylic acids is 2. The Bertz CT molecular complexity index is 1100. The monoisotopic (exact) mass is 570 g/mol. The fourth-order valence-electron chi connectivity index (χ4n) is 4.06. The van der Waals surface area contributed by atoms with Crippen LogP contribution in [0.5, 0.6) is 0 Å². The Labute approximate surface area is 200 Å². The molecule has 1 fully saturated rings. The number of thiophene rings is 1. The molecule has 164 valence electrons. The first-order valence-electron chi connectivity index (χ1n) is 10.2. The van der Waals surface area contributed by atoms with Crippen molar-refractivity contribution in [3.63, 3.8) is 0 Å². The summed E-state index contributed by atoms with van der Waals surface area (Å²) in [6.07, 6.45) is 6.83. The Morgan fingerprint density at radius 1 is 1.13 bits per heavy atom. The van der Waals surface area contributed by atoms with Crippen molar-refractivity contribution in [2.75, 3.05) is 11.4 Å². The summed E-state index contributed by atoms with van der Waals surface area (Å²) in [5, 5.41) is 1.70. The summed E-state index contributed by atoms with van der Waals surface area (Å²) in [6.45, 7) is 0.191. The van der Waals surface area contributed by atoms with E-state index in [0.717, 1.165) is 45.5 Å². The largest absolute Gasteiger partial charge is 0.274 e. The van der Waals surface area contributed by atoms with Gasteiger partial charge in [0.25, 0.3) is 15.9 Å². The van der Waals surface area contributed by atoms with Gasteiger partial charge in [-0.05, 0) is 90.4 Å². The minimum Gasteiger partial charge on any atom is -0.274 e. The lowest BCUT2D eigenvalue weighted by Gasteiger charge is -2.27. The number of hydrogen-bond donors (Lipinski definition) is 0. The summed E-state index contributed by atoms with van der Waals surface area (Å²) in [4.78, 5) is 27.2. The topological polar surface area (TPSA) is 74.8 Å². The Morgan fingerprint density at radius 2 is 1.90 bits per heavy atom.